The molecule has 3 rings (SSSR count). The molecule has 25 heavy (non-hydrogen) atoms. The summed E-state index contributed by atoms with van der Waals surface area (Å²) in [5.74, 6) is 0. The van der Waals surface area contributed by atoms with E-state index in [4.69, 9.17) is 9.84 Å². The molecule has 2 aliphatic heterocycles. The standard InChI is InChI=1S/C17H27N3O4S/c21-11-3-6-18-16-14-15(4-5-17(16)19-7-1-2-8-19)25(22,23)20-9-12-24-13-10-20/h4-5,14,18,21H,1-3,6-13H2. The highest BCUT2D eigenvalue weighted by Gasteiger charge is 2.27. The second kappa shape index (κ2) is 8.35. The van der Waals surface area contributed by atoms with E-state index in [0.29, 0.717) is 44.2 Å². The van der Waals surface area contributed by atoms with E-state index in [-0.39, 0.29) is 6.61 Å². The lowest BCUT2D eigenvalue weighted by Gasteiger charge is -2.27. The average molecular weight is 369 g/mol. The van der Waals surface area contributed by atoms with Gasteiger partial charge >= 0.3 is 0 Å². The summed E-state index contributed by atoms with van der Waals surface area (Å²) >= 11 is 0. The second-order valence-electron chi connectivity index (χ2n) is 6.39. The maximum Gasteiger partial charge on any atom is 0.243 e. The fourth-order valence-corrected chi connectivity index (χ4v) is 4.72. The molecule has 2 fully saturated rings. The molecule has 2 N–H and O–H groups in total. The van der Waals surface area contributed by atoms with Crippen LogP contribution in [0.4, 0.5) is 11.4 Å². The van der Waals surface area contributed by atoms with Gasteiger partial charge in [0.2, 0.25) is 10.0 Å². The number of aliphatic hydroxyl groups is 1. The molecule has 0 aliphatic carbocycles. The van der Waals surface area contributed by atoms with Crippen molar-refractivity contribution in [2.75, 3.05) is 62.8 Å². The van der Waals surface area contributed by atoms with E-state index >= 15 is 0 Å². The Morgan fingerprint density at radius 2 is 1.84 bits per heavy atom. The fraction of sp³-hybridized carbons (Fsp3) is 0.647. The number of hydrogen-bond donors (Lipinski definition) is 2. The number of anilines is 2. The van der Waals surface area contributed by atoms with Crippen molar-refractivity contribution in [3.8, 4) is 0 Å². The number of rotatable bonds is 7. The van der Waals surface area contributed by atoms with Crippen molar-refractivity contribution >= 4 is 21.4 Å². The fourth-order valence-electron chi connectivity index (χ4n) is 3.29. The quantitative estimate of drug-likeness (QED) is 0.701. The van der Waals surface area contributed by atoms with E-state index in [1.54, 1.807) is 12.1 Å². The van der Waals surface area contributed by atoms with Gasteiger partial charge in [-0.1, -0.05) is 0 Å². The highest BCUT2D eigenvalue weighted by Crippen LogP contribution is 2.32. The summed E-state index contributed by atoms with van der Waals surface area (Å²) in [5, 5.41) is 12.3. The van der Waals surface area contributed by atoms with Gasteiger partial charge in [0.1, 0.15) is 0 Å². The predicted molar refractivity (Wildman–Crippen MR) is 97.7 cm³/mol. The second-order valence-corrected chi connectivity index (χ2v) is 8.33. The Balaban J connectivity index is 1.87. The molecule has 0 saturated carbocycles. The van der Waals surface area contributed by atoms with Crippen LogP contribution < -0.4 is 10.2 Å². The van der Waals surface area contributed by atoms with Crippen LogP contribution >= 0.6 is 0 Å². The first-order valence-electron chi connectivity index (χ1n) is 8.94. The number of hydrogen-bond acceptors (Lipinski definition) is 6. The van der Waals surface area contributed by atoms with Crippen LogP contribution in [0.15, 0.2) is 23.1 Å². The number of morpholine rings is 1. The van der Waals surface area contributed by atoms with Crippen LogP contribution in [-0.2, 0) is 14.8 Å². The van der Waals surface area contributed by atoms with Crippen molar-refractivity contribution in [1.29, 1.82) is 0 Å². The summed E-state index contributed by atoms with van der Waals surface area (Å²) in [6.45, 7) is 4.36. The van der Waals surface area contributed by atoms with Crippen LogP contribution in [-0.4, -0.2) is 70.4 Å². The Hall–Kier alpha value is -1.35. The van der Waals surface area contributed by atoms with Crippen LogP contribution in [0, 0.1) is 0 Å². The summed E-state index contributed by atoms with van der Waals surface area (Å²) in [5.41, 5.74) is 1.86. The first-order chi connectivity index (χ1) is 12.1. The molecule has 7 nitrogen and oxygen atoms in total. The molecule has 2 saturated heterocycles. The van der Waals surface area contributed by atoms with E-state index in [0.717, 1.165) is 37.3 Å². The monoisotopic (exact) mass is 369 g/mol. The van der Waals surface area contributed by atoms with Gasteiger partial charge in [0.15, 0.2) is 0 Å². The highest BCUT2D eigenvalue weighted by molar-refractivity contribution is 7.89. The van der Waals surface area contributed by atoms with E-state index in [2.05, 4.69) is 10.2 Å². The lowest BCUT2D eigenvalue weighted by Crippen LogP contribution is -2.40. The van der Waals surface area contributed by atoms with E-state index in [1.807, 2.05) is 6.07 Å². The SMILES string of the molecule is O=S(=O)(c1ccc(N2CCCC2)c(NCCCO)c1)N1CCOCC1. The zero-order valence-corrected chi connectivity index (χ0v) is 15.3. The van der Waals surface area contributed by atoms with Gasteiger partial charge in [0.05, 0.1) is 29.5 Å². The highest BCUT2D eigenvalue weighted by atomic mass is 32.2. The molecule has 0 spiro atoms. The first-order valence-corrected chi connectivity index (χ1v) is 10.4. The molecule has 2 aliphatic rings. The van der Waals surface area contributed by atoms with Gasteiger partial charge in [0, 0.05) is 39.3 Å². The molecule has 0 atom stereocenters. The third kappa shape index (κ3) is 4.25. The summed E-state index contributed by atoms with van der Waals surface area (Å²) in [6.07, 6.45) is 2.94. The van der Waals surface area contributed by atoms with Crippen LogP contribution in [0.5, 0.6) is 0 Å². The number of nitrogens with one attached hydrogen (secondary N) is 1. The smallest absolute Gasteiger partial charge is 0.243 e. The van der Waals surface area contributed by atoms with Gasteiger partial charge in [-0.25, -0.2) is 8.42 Å². The summed E-state index contributed by atoms with van der Waals surface area (Å²) in [7, 11) is -3.51. The Morgan fingerprint density at radius 3 is 2.52 bits per heavy atom. The molecule has 1 aromatic rings. The molecule has 0 unspecified atom stereocenters. The first kappa shape index (κ1) is 18.4. The van der Waals surface area contributed by atoms with Crippen molar-refractivity contribution in [1.82, 2.24) is 4.31 Å². The van der Waals surface area contributed by atoms with Crippen molar-refractivity contribution in [2.45, 2.75) is 24.2 Å². The van der Waals surface area contributed by atoms with Crippen molar-refractivity contribution < 1.29 is 18.3 Å². The van der Waals surface area contributed by atoms with Crippen molar-refractivity contribution in [2.24, 2.45) is 0 Å². The lowest BCUT2D eigenvalue weighted by molar-refractivity contribution is 0.0730. The largest absolute Gasteiger partial charge is 0.396 e. The Bertz CT molecular complexity index is 668. The number of aliphatic hydroxyl groups excluding tert-OH is 1. The third-order valence-electron chi connectivity index (χ3n) is 4.67. The maximum absolute atomic E-state index is 12.9. The zero-order chi connectivity index (χ0) is 17.7. The van der Waals surface area contributed by atoms with Crippen LogP contribution in [0.25, 0.3) is 0 Å². The van der Waals surface area contributed by atoms with E-state index in [1.165, 1.54) is 4.31 Å². The van der Waals surface area contributed by atoms with Gasteiger partial charge < -0.3 is 20.1 Å². The number of ether oxygens (including phenoxy) is 1. The van der Waals surface area contributed by atoms with Gasteiger partial charge in [-0.2, -0.15) is 4.31 Å². The zero-order valence-electron chi connectivity index (χ0n) is 14.5. The maximum atomic E-state index is 12.9. The molecule has 0 radical (unpaired) electrons. The third-order valence-corrected chi connectivity index (χ3v) is 6.57. The minimum Gasteiger partial charge on any atom is -0.396 e. The van der Waals surface area contributed by atoms with E-state index in [9.17, 15) is 8.42 Å². The summed E-state index contributed by atoms with van der Waals surface area (Å²) < 4.78 is 32.5. The van der Waals surface area contributed by atoms with Crippen molar-refractivity contribution in [3.63, 3.8) is 0 Å². The molecule has 0 bridgehead atoms. The molecule has 2 heterocycles. The van der Waals surface area contributed by atoms with E-state index < -0.39 is 10.0 Å². The molecule has 1 aromatic carbocycles. The molecular formula is C17H27N3O4S. The number of benzene rings is 1. The van der Waals surface area contributed by atoms with Gasteiger partial charge in [-0.05, 0) is 37.5 Å². The minimum atomic E-state index is -3.51. The topological polar surface area (TPSA) is 82.1 Å². The molecule has 0 amide bonds. The Labute approximate surface area is 149 Å². The van der Waals surface area contributed by atoms with Crippen LogP contribution in [0.2, 0.25) is 0 Å². The Kier molecular flexibility index (Phi) is 6.16. The van der Waals surface area contributed by atoms with Crippen LogP contribution in [0.1, 0.15) is 19.3 Å². The average Bonchev–Trinajstić information content (AvgIpc) is 3.17. The molecule has 0 aromatic heterocycles. The molecule has 8 heteroatoms. The number of nitrogens with zero attached hydrogens (tertiary/aromatic N) is 2. The van der Waals surface area contributed by atoms with Crippen LogP contribution in [0.3, 0.4) is 0 Å². The Morgan fingerprint density at radius 1 is 1.12 bits per heavy atom. The predicted octanol–water partition coefficient (Wildman–Crippen LogP) is 1.10. The normalized spacial score (nSPS) is 19.3. The van der Waals surface area contributed by atoms with Gasteiger partial charge in [-0.3, -0.25) is 0 Å². The summed E-state index contributed by atoms with van der Waals surface area (Å²) in [4.78, 5) is 2.59. The van der Waals surface area contributed by atoms with Gasteiger partial charge in [-0.15, -0.1) is 0 Å². The minimum absolute atomic E-state index is 0.109. The lowest BCUT2D eigenvalue weighted by atomic mass is 10.2. The molecular weight excluding hydrogens is 342 g/mol. The number of sulfonamides is 1. The van der Waals surface area contributed by atoms with Gasteiger partial charge in [0.25, 0.3) is 0 Å². The summed E-state index contributed by atoms with van der Waals surface area (Å²) in [6, 6.07) is 5.34. The van der Waals surface area contributed by atoms with Crippen molar-refractivity contribution in [3.05, 3.63) is 18.2 Å². The molecule has 140 valence electrons.